The molecule has 0 aromatic carbocycles. The number of amides is 1. The van der Waals surface area contributed by atoms with Crippen molar-refractivity contribution in [3.63, 3.8) is 0 Å². The van der Waals surface area contributed by atoms with E-state index in [0.717, 1.165) is 64.3 Å². The minimum absolute atomic E-state index is 0.0779. The van der Waals surface area contributed by atoms with Crippen LogP contribution in [0.3, 0.4) is 0 Å². The maximum absolute atomic E-state index is 12.1. The molecule has 6 heteroatoms. The zero-order valence-electron chi connectivity index (χ0n) is 14.7. The van der Waals surface area contributed by atoms with Gasteiger partial charge in [0.25, 0.3) is 0 Å². The van der Waals surface area contributed by atoms with Gasteiger partial charge >= 0.3 is 0 Å². The van der Waals surface area contributed by atoms with Crippen LogP contribution in [0.15, 0.2) is 24.4 Å². The lowest BCUT2D eigenvalue weighted by molar-refractivity contribution is -0.151. The zero-order valence-corrected chi connectivity index (χ0v) is 14.7. The van der Waals surface area contributed by atoms with Crippen molar-refractivity contribution < 1.29 is 14.3 Å². The van der Waals surface area contributed by atoms with E-state index in [1.54, 1.807) is 0 Å². The van der Waals surface area contributed by atoms with Crippen LogP contribution in [0.2, 0.25) is 0 Å². The van der Waals surface area contributed by atoms with E-state index in [1.807, 2.05) is 23.2 Å². The van der Waals surface area contributed by atoms with Crippen LogP contribution in [0.4, 0.5) is 0 Å². The molecule has 25 heavy (non-hydrogen) atoms. The Morgan fingerprint density at radius 3 is 2.92 bits per heavy atom. The summed E-state index contributed by atoms with van der Waals surface area (Å²) in [5, 5.41) is 0. The smallest absolute Gasteiger partial charge is 0.248 e. The molecular formula is C19H27N3O3. The summed E-state index contributed by atoms with van der Waals surface area (Å²) >= 11 is 0. The third-order valence-corrected chi connectivity index (χ3v) is 5.70. The number of hydrogen-bond donors (Lipinski definition) is 0. The topological polar surface area (TPSA) is 54.9 Å². The highest BCUT2D eigenvalue weighted by molar-refractivity contribution is 5.77. The van der Waals surface area contributed by atoms with Crippen molar-refractivity contribution in [1.82, 2.24) is 14.8 Å². The predicted octanol–water partition coefficient (Wildman–Crippen LogP) is 1.31. The number of likely N-dealkylation sites (tertiary alicyclic amines) is 2. The molecule has 0 saturated carbocycles. The van der Waals surface area contributed by atoms with Crippen molar-refractivity contribution in [3.05, 3.63) is 30.1 Å². The molecule has 0 bridgehead atoms. The van der Waals surface area contributed by atoms with E-state index >= 15 is 0 Å². The van der Waals surface area contributed by atoms with Gasteiger partial charge in [0.15, 0.2) is 0 Å². The molecule has 1 amide bonds. The first-order valence-corrected chi connectivity index (χ1v) is 9.37. The molecule has 1 unspecified atom stereocenters. The number of aromatic nitrogens is 1. The number of carbonyl (C=O) groups is 1. The Kier molecular flexibility index (Phi) is 5.01. The number of ether oxygens (including phenoxy) is 2. The molecule has 4 heterocycles. The Morgan fingerprint density at radius 2 is 2.16 bits per heavy atom. The second-order valence-corrected chi connectivity index (χ2v) is 7.47. The monoisotopic (exact) mass is 345 g/mol. The van der Waals surface area contributed by atoms with Crippen LogP contribution < -0.4 is 0 Å². The van der Waals surface area contributed by atoms with E-state index < -0.39 is 0 Å². The van der Waals surface area contributed by atoms with Crippen molar-refractivity contribution in [2.24, 2.45) is 5.92 Å². The quantitative estimate of drug-likeness (QED) is 0.778. The van der Waals surface area contributed by atoms with E-state index in [-0.39, 0.29) is 18.1 Å². The molecule has 6 nitrogen and oxygen atoms in total. The summed E-state index contributed by atoms with van der Waals surface area (Å²) in [7, 11) is 0. The summed E-state index contributed by atoms with van der Waals surface area (Å²) in [6, 6.07) is 6.03. The molecule has 3 aliphatic rings. The van der Waals surface area contributed by atoms with Gasteiger partial charge in [0.2, 0.25) is 5.91 Å². The van der Waals surface area contributed by atoms with Gasteiger partial charge < -0.3 is 14.4 Å². The maximum atomic E-state index is 12.1. The van der Waals surface area contributed by atoms with E-state index in [2.05, 4.69) is 16.0 Å². The van der Waals surface area contributed by atoms with E-state index in [0.29, 0.717) is 12.5 Å². The molecule has 4 rings (SSSR count). The van der Waals surface area contributed by atoms with Gasteiger partial charge in [0.05, 0.1) is 17.9 Å². The largest absolute Gasteiger partial charge is 0.372 e. The van der Waals surface area contributed by atoms with Gasteiger partial charge in [-0.2, -0.15) is 0 Å². The molecular weight excluding hydrogens is 318 g/mol. The SMILES string of the molecule is O=C(COCC1CCOC12CN(Cc1ccccn1)C2)N1CCCC1. The third-order valence-electron chi connectivity index (χ3n) is 5.70. The third kappa shape index (κ3) is 3.71. The molecule has 3 fully saturated rings. The molecule has 1 aromatic rings. The van der Waals surface area contributed by atoms with Crippen LogP contribution in [0.25, 0.3) is 0 Å². The van der Waals surface area contributed by atoms with E-state index in [4.69, 9.17) is 9.47 Å². The summed E-state index contributed by atoms with van der Waals surface area (Å²) in [6.45, 7) is 6.14. The van der Waals surface area contributed by atoms with Gasteiger partial charge in [-0.15, -0.1) is 0 Å². The molecule has 3 aliphatic heterocycles. The van der Waals surface area contributed by atoms with Crippen LogP contribution in [0.5, 0.6) is 0 Å². The van der Waals surface area contributed by atoms with Gasteiger partial charge in [0, 0.05) is 51.4 Å². The highest BCUT2D eigenvalue weighted by Crippen LogP contribution is 2.40. The van der Waals surface area contributed by atoms with Crippen LogP contribution in [0, 0.1) is 5.92 Å². The lowest BCUT2D eigenvalue weighted by Crippen LogP contribution is -2.64. The van der Waals surface area contributed by atoms with Gasteiger partial charge in [-0.05, 0) is 31.4 Å². The van der Waals surface area contributed by atoms with Gasteiger partial charge in [-0.25, -0.2) is 0 Å². The number of hydrogen-bond acceptors (Lipinski definition) is 5. The van der Waals surface area contributed by atoms with Gasteiger partial charge in [-0.3, -0.25) is 14.7 Å². The molecule has 1 aromatic heterocycles. The Hall–Kier alpha value is -1.50. The van der Waals surface area contributed by atoms with Crippen LogP contribution in [-0.2, 0) is 20.8 Å². The van der Waals surface area contributed by atoms with Crippen molar-refractivity contribution >= 4 is 5.91 Å². The summed E-state index contributed by atoms with van der Waals surface area (Å²) < 4.78 is 11.9. The normalized spacial score (nSPS) is 25.4. The lowest BCUT2D eigenvalue weighted by Gasteiger charge is -2.50. The van der Waals surface area contributed by atoms with Crippen LogP contribution >= 0.6 is 0 Å². The summed E-state index contributed by atoms with van der Waals surface area (Å²) in [4.78, 5) is 20.8. The number of nitrogens with zero attached hydrogens (tertiary/aromatic N) is 3. The van der Waals surface area contributed by atoms with E-state index in [1.165, 1.54) is 0 Å². The predicted molar refractivity (Wildman–Crippen MR) is 92.9 cm³/mol. The minimum Gasteiger partial charge on any atom is -0.372 e. The molecule has 1 spiro atoms. The zero-order chi connectivity index (χ0) is 17.1. The lowest BCUT2D eigenvalue weighted by atomic mass is 9.81. The summed E-state index contributed by atoms with van der Waals surface area (Å²) in [6.07, 6.45) is 5.11. The molecule has 136 valence electrons. The first-order valence-electron chi connectivity index (χ1n) is 9.37. The summed E-state index contributed by atoms with van der Waals surface area (Å²) in [5.74, 6) is 0.523. The second kappa shape index (κ2) is 7.40. The Labute approximate surface area is 149 Å². The first kappa shape index (κ1) is 16.9. The Bertz CT molecular complexity index is 583. The first-order chi connectivity index (χ1) is 12.3. The molecule has 1 atom stereocenters. The van der Waals surface area contributed by atoms with Crippen LogP contribution in [0.1, 0.15) is 25.0 Å². The number of carbonyl (C=O) groups excluding carboxylic acids is 1. The van der Waals surface area contributed by atoms with Gasteiger partial charge in [0.1, 0.15) is 6.61 Å². The Balaban J connectivity index is 1.22. The minimum atomic E-state index is -0.0779. The second-order valence-electron chi connectivity index (χ2n) is 7.47. The average molecular weight is 345 g/mol. The van der Waals surface area contributed by atoms with Crippen LogP contribution in [-0.4, -0.2) is 72.3 Å². The maximum Gasteiger partial charge on any atom is 0.248 e. The molecule has 0 aliphatic carbocycles. The molecule has 0 radical (unpaired) electrons. The fourth-order valence-electron chi connectivity index (χ4n) is 4.26. The highest BCUT2D eigenvalue weighted by atomic mass is 16.5. The average Bonchev–Trinajstić information content (AvgIpc) is 3.25. The van der Waals surface area contributed by atoms with Crippen molar-refractivity contribution in [2.75, 3.05) is 46.0 Å². The van der Waals surface area contributed by atoms with E-state index in [9.17, 15) is 4.79 Å². The van der Waals surface area contributed by atoms with Crippen molar-refractivity contribution in [3.8, 4) is 0 Å². The highest BCUT2D eigenvalue weighted by Gasteiger charge is 2.52. The van der Waals surface area contributed by atoms with Gasteiger partial charge in [-0.1, -0.05) is 6.07 Å². The number of pyridine rings is 1. The van der Waals surface area contributed by atoms with Crippen molar-refractivity contribution in [1.29, 1.82) is 0 Å². The fraction of sp³-hybridized carbons (Fsp3) is 0.684. The standard InChI is InChI=1S/C19H27N3O3/c23-18(22-8-3-4-9-22)13-24-12-16-6-10-25-19(16)14-21(15-19)11-17-5-1-2-7-20-17/h1-2,5,7,16H,3-4,6,8-15H2. The van der Waals surface area contributed by atoms with Crippen molar-refractivity contribution in [2.45, 2.75) is 31.4 Å². The molecule has 3 saturated heterocycles. The molecule has 0 N–H and O–H groups in total. The Morgan fingerprint density at radius 1 is 1.32 bits per heavy atom. The fourth-order valence-corrected chi connectivity index (χ4v) is 4.26. The number of rotatable bonds is 6. The summed E-state index contributed by atoms with van der Waals surface area (Å²) in [5.41, 5.74) is 1.02.